The van der Waals surface area contributed by atoms with Crippen LogP contribution in [-0.2, 0) is 0 Å². The average Bonchev–Trinajstić information content (AvgIpc) is 2.81. The van der Waals surface area contributed by atoms with E-state index in [0.29, 0.717) is 22.4 Å². The second-order valence-electron chi connectivity index (χ2n) is 4.22. The Balaban J connectivity index is 2.23. The molecule has 0 aliphatic heterocycles. The number of para-hydroxylation sites is 1. The fraction of sp³-hybridized carbons (Fsp3) is 0. The van der Waals surface area contributed by atoms with Crippen molar-refractivity contribution in [2.45, 2.75) is 0 Å². The molecule has 1 heterocycles. The highest BCUT2D eigenvalue weighted by Crippen LogP contribution is 2.29. The van der Waals surface area contributed by atoms with Crippen molar-refractivity contribution in [1.29, 1.82) is 0 Å². The fourth-order valence-electron chi connectivity index (χ4n) is 2.01. The lowest BCUT2D eigenvalue weighted by atomic mass is 10.2. The maximum absolute atomic E-state index is 13.0. The number of halogens is 2. The van der Waals surface area contributed by atoms with Crippen molar-refractivity contribution in [3.05, 3.63) is 52.8 Å². The lowest BCUT2D eigenvalue weighted by Crippen LogP contribution is -1.96. The lowest BCUT2D eigenvalue weighted by molar-refractivity contribution is 0.0699. The summed E-state index contributed by atoms with van der Waals surface area (Å²) in [4.78, 5) is 18.4. The van der Waals surface area contributed by atoms with Gasteiger partial charge in [0.2, 0.25) is 0 Å². The van der Waals surface area contributed by atoms with Crippen LogP contribution in [0.3, 0.4) is 0 Å². The highest BCUT2D eigenvalue weighted by atomic mass is 35.5. The number of hydrogen-bond donors (Lipinski definition) is 2. The third-order valence-electron chi connectivity index (χ3n) is 2.93. The highest BCUT2D eigenvalue weighted by Gasteiger charge is 2.14. The molecule has 0 aliphatic carbocycles. The van der Waals surface area contributed by atoms with E-state index in [9.17, 15) is 9.18 Å². The maximum atomic E-state index is 13.0. The molecule has 0 atom stereocenters. The summed E-state index contributed by atoms with van der Waals surface area (Å²) in [6.45, 7) is 0. The highest BCUT2D eigenvalue weighted by molar-refractivity contribution is 6.33. The Labute approximate surface area is 117 Å². The number of H-pyrrole nitrogens is 1. The fourth-order valence-corrected chi connectivity index (χ4v) is 2.27. The molecule has 0 saturated carbocycles. The molecule has 0 fully saturated rings. The molecule has 0 unspecified atom stereocenters. The Morgan fingerprint density at radius 2 is 2.10 bits per heavy atom. The van der Waals surface area contributed by atoms with E-state index >= 15 is 0 Å². The third kappa shape index (κ3) is 2.02. The number of nitrogens with one attached hydrogen (secondary N) is 1. The van der Waals surface area contributed by atoms with Gasteiger partial charge in [-0.3, -0.25) is 0 Å². The number of carbonyl (C=O) groups is 1. The van der Waals surface area contributed by atoms with Crippen molar-refractivity contribution in [1.82, 2.24) is 9.97 Å². The molecule has 0 radical (unpaired) electrons. The number of fused-ring (bicyclic) bond motifs is 1. The molecule has 0 bridgehead atoms. The zero-order valence-electron chi connectivity index (χ0n) is 10.0. The summed E-state index contributed by atoms with van der Waals surface area (Å²) in [5.41, 5.74) is 1.54. The molecule has 0 saturated heterocycles. The van der Waals surface area contributed by atoms with Crippen LogP contribution in [0.2, 0.25) is 5.02 Å². The smallest absolute Gasteiger partial charge is 0.337 e. The van der Waals surface area contributed by atoms with Crippen molar-refractivity contribution < 1.29 is 14.3 Å². The first-order valence-electron chi connectivity index (χ1n) is 5.73. The van der Waals surface area contributed by atoms with Crippen LogP contribution in [0, 0.1) is 5.82 Å². The molecular formula is C14H8ClFN2O2. The lowest BCUT2D eigenvalue weighted by Gasteiger charge is -1.99. The molecule has 0 aliphatic rings. The van der Waals surface area contributed by atoms with Gasteiger partial charge in [0.25, 0.3) is 0 Å². The first-order valence-corrected chi connectivity index (χ1v) is 6.11. The molecule has 6 heteroatoms. The summed E-state index contributed by atoms with van der Waals surface area (Å²) >= 11 is 5.98. The second kappa shape index (κ2) is 4.61. The summed E-state index contributed by atoms with van der Waals surface area (Å²) in [5.74, 6) is -1.10. The second-order valence-corrected chi connectivity index (χ2v) is 4.62. The summed E-state index contributed by atoms with van der Waals surface area (Å²) in [5, 5.41) is 9.33. The molecule has 20 heavy (non-hydrogen) atoms. The van der Waals surface area contributed by atoms with E-state index in [-0.39, 0.29) is 10.6 Å². The van der Waals surface area contributed by atoms with Crippen LogP contribution >= 0.6 is 11.6 Å². The van der Waals surface area contributed by atoms with E-state index in [2.05, 4.69) is 9.97 Å². The third-order valence-corrected chi connectivity index (χ3v) is 3.24. The first-order chi connectivity index (χ1) is 9.56. The van der Waals surface area contributed by atoms with Gasteiger partial charge in [0, 0.05) is 5.56 Å². The maximum Gasteiger partial charge on any atom is 0.337 e. The van der Waals surface area contributed by atoms with Crippen molar-refractivity contribution >= 4 is 28.6 Å². The number of aromatic amines is 1. The normalized spacial score (nSPS) is 10.9. The van der Waals surface area contributed by atoms with E-state index in [1.165, 1.54) is 24.3 Å². The van der Waals surface area contributed by atoms with Crippen LogP contribution in [0.5, 0.6) is 0 Å². The standard InChI is InChI=1S/C14H8ClFN2O2/c15-10-6-7(16)4-5-8(10)13-17-11-3-1-2-9(14(19)20)12(11)18-13/h1-6H,(H,17,18)(H,19,20). The number of nitrogens with zero attached hydrogens (tertiary/aromatic N) is 1. The molecular weight excluding hydrogens is 283 g/mol. The van der Waals surface area contributed by atoms with Gasteiger partial charge >= 0.3 is 5.97 Å². The molecule has 3 aromatic rings. The van der Waals surface area contributed by atoms with Gasteiger partial charge in [-0.1, -0.05) is 17.7 Å². The van der Waals surface area contributed by atoms with Crippen molar-refractivity contribution in [2.75, 3.05) is 0 Å². The quantitative estimate of drug-likeness (QED) is 0.756. The van der Waals surface area contributed by atoms with E-state index in [1.54, 1.807) is 12.1 Å². The minimum Gasteiger partial charge on any atom is -0.478 e. The van der Waals surface area contributed by atoms with Crippen molar-refractivity contribution in [3.8, 4) is 11.4 Å². The molecule has 100 valence electrons. The number of benzene rings is 2. The van der Waals surface area contributed by atoms with Crippen LogP contribution in [-0.4, -0.2) is 21.0 Å². The van der Waals surface area contributed by atoms with Gasteiger partial charge in [-0.05, 0) is 30.3 Å². The molecule has 4 nitrogen and oxygen atoms in total. The summed E-state index contributed by atoms with van der Waals surface area (Å²) in [7, 11) is 0. The molecule has 1 aromatic heterocycles. The minimum atomic E-state index is -1.06. The number of rotatable bonds is 2. The summed E-state index contributed by atoms with van der Waals surface area (Å²) in [6, 6.07) is 8.77. The average molecular weight is 291 g/mol. The number of carboxylic acids is 1. The molecule has 3 rings (SSSR count). The van der Waals surface area contributed by atoms with Crippen LogP contribution < -0.4 is 0 Å². The Bertz CT molecular complexity index is 829. The Kier molecular flexibility index (Phi) is 2.91. The van der Waals surface area contributed by atoms with Crippen LogP contribution in [0.4, 0.5) is 4.39 Å². The van der Waals surface area contributed by atoms with Crippen molar-refractivity contribution in [3.63, 3.8) is 0 Å². The SMILES string of the molecule is O=C(O)c1cccc2[nH]c(-c3ccc(F)cc3Cl)nc12. The Morgan fingerprint density at radius 3 is 2.80 bits per heavy atom. The van der Waals surface area contributed by atoms with E-state index < -0.39 is 11.8 Å². The number of aromatic carboxylic acids is 1. The number of aromatic nitrogens is 2. The predicted octanol–water partition coefficient (Wildman–Crippen LogP) is 3.72. The molecule has 2 aromatic carbocycles. The zero-order valence-corrected chi connectivity index (χ0v) is 10.8. The number of carboxylic acid groups (broad SMARTS) is 1. The van der Waals surface area contributed by atoms with E-state index in [0.717, 1.165) is 0 Å². The molecule has 2 N–H and O–H groups in total. The summed E-state index contributed by atoms with van der Waals surface area (Å²) in [6.07, 6.45) is 0. The Morgan fingerprint density at radius 1 is 1.30 bits per heavy atom. The van der Waals surface area contributed by atoms with Gasteiger partial charge in [-0.15, -0.1) is 0 Å². The summed E-state index contributed by atoms with van der Waals surface area (Å²) < 4.78 is 13.0. The zero-order chi connectivity index (χ0) is 14.3. The van der Waals surface area contributed by atoms with Crippen LogP contribution in [0.25, 0.3) is 22.4 Å². The number of hydrogen-bond acceptors (Lipinski definition) is 2. The van der Waals surface area contributed by atoms with Crippen molar-refractivity contribution in [2.24, 2.45) is 0 Å². The first kappa shape index (κ1) is 12.6. The Hall–Kier alpha value is -2.40. The number of imidazole rings is 1. The predicted molar refractivity (Wildman–Crippen MR) is 73.5 cm³/mol. The van der Waals surface area contributed by atoms with Gasteiger partial charge in [0.1, 0.15) is 17.2 Å². The van der Waals surface area contributed by atoms with Crippen LogP contribution in [0.15, 0.2) is 36.4 Å². The molecule has 0 amide bonds. The largest absolute Gasteiger partial charge is 0.478 e. The van der Waals surface area contributed by atoms with Gasteiger partial charge in [0.05, 0.1) is 16.1 Å². The minimum absolute atomic E-state index is 0.100. The van der Waals surface area contributed by atoms with E-state index in [4.69, 9.17) is 16.7 Å². The van der Waals surface area contributed by atoms with Crippen LogP contribution in [0.1, 0.15) is 10.4 Å². The topological polar surface area (TPSA) is 66.0 Å². The van der Waals surface area contributed by atoms with E-state index in [1.807, 2.05) is 0 Å². The monoisotopic (exact) mass is 290 g/mol. The van der Waals surface area contributed by atoms with Gasteiger partial charge in [0.15, 0.2) is 0 Å². The van der Waals surface area contributed by atoms with Gasteiger partial charge in [-0.2, -0.15) is 0 Å². The van der Waals surface area contributed by atoms with Gasteiger partial charge in [-0.25, -0.2) is 14.2 Å². The molecule has 0 spiro atoms. The van der Waals surface area contributed by atoms with Gasteiger partial charge < -0.3 is 10.1 Å².